The molecule has 0 spiro atoms. The predicted octanol–water partition coefficient (Wildman–Crippen LogP) is 3.77. The van der Waals surface area contributed by atoms with Crippen molar-refractivity contribution in [2.24, 2.45) is 0 Å². The molecule has 1 heterocycles. The van der Waals surface area contributed by atoms with E-state index in [2.05, 4.69) is 17.5 Å². The maximum Gasteiger partial charge on any atom is 0.0651 e. The highest BCUT2D eigenvalue weighted by Gasteiger charge is 2.27. The van der Waals surface area contributed by atoms with Crippen LogP contribution in [0.2, 0.25) is 0 Å². The fraction of sp³-hybridized carbons (Fsp3) is 0.692. The van der Waals surface area contributed by atoms with Gasteiger partial charge in [-0.25, -0.2) is 0 Å². The molecule has 1 fully saturated rings. The first-order valence-corrected chi connectivity index (χ1v) is 6.91. The highest BCUT2D eigenvalue weighted by atomic mass is 32.1. The summed E-state index contributed by atoms with van der Waals surface area (Å²) in [6.07, 6.45) is 9.06. The summed E-state index contributed by atoms with van der Waals surface area (Å²) in [5, 5.41) is 12.6. The second-order valence-electron chi connectivity index (χ2n) is 4.72. The Bertz CT molecular complexity index is 271. The SMILES string of the molecule is OC1(CCc2cccs2)CCCCCC1. The first-order chi connectivity index (χ1) is 7.29. The van der Waals surface area contributed by atoms with Gasteiger partial charge in [0.1, 0.15) is 0 Å². The topological polar surface area (TPSA) is 20.2 Å². The summed E-state index contributed by atoms with van der Waals surface area (Å²) in [5.41, 5.74) is -0.361. The highest BCUT2D eigenvalue weighted by Crippen LogP contribution is 2.31. The summed E-state index contributed by atoms with van der Waals surface area (Å²) < 4.78 is 0. The van der Waals surface area contributed by atoms with Crippen LogP contribution in [0.4, 0.5) is 0 Å². The zero-order valence-corrected chi connectivity index (χ0v) is 10.1. The minimum Gasteiger partial charge on any atom is -0.390 e. The molecule has 0 atom stereocenters. The Morgan fingerprint density at radius 1 is 1.20 bits per heavy atom. The molecule has 0 radical (unpaired) electrons. The van der Waals surface area contributed by atoms with Gasteiger partial charge >= 0.3 is 0 Å². The standard InChI is InChI=1S/C13H20OS/c14-13(8-3-1-2-4-9-13)10-7-12-6-5-11-15-12/h5-6,11,14H,1-4,7-10H2. The molecule has 1 aromatic rings. The molecule has 1 aliphatic carbocycles. The van der Waals surface area contributed by atoms with E-state index in [0.717, 1.165) is 25.7 Å². The van der Waals surface area contributed by atoms with E-state index in [1.807, 2.05) is 0 Å². The van der Waals surface area contributed by atoms with Gasteiger partial charge in [-0.15, -0.1) is 11.3 Å². The highest BCUT2D eigenvalue weighted by molar-refractivity contribution is 7.09. The Morgan fingerprint density at radius 3 is 2.53 bits per heavy atom. The third-order valence-corrected chi connectivity index (χ3v) is 4.39. The maximum atomic E-state index is 10.5. The van der Waals surface area contributed by atoms with Crippen molar-refractivity contribution in [2.45, 2.75) is 57.0 Å². The van der Waals surface area contributed by atoms with Gasteiger partial charge < -0.3 is 5.11 Å². The summed E-state index contributed by atoms with van der Waals surface area (Å²) in [7, 11) is 0. The molecule has 2 rings (SSSR count). The van der Waals surface area contributed by atoms with Crippen LogP contribution in [0.5, 0.6) is 0 Å². The van der Waals surface area contributed by atoms with E-state index in [4.69, 9.17) is 0 Å². The lowest BCUT2D eigenvalue weighted by molar-refractivity contribution is 0.0169. The number of aliphatic hydroxyl groups is 1. The average molecular weight is 224 g/mol. The third kappa shape index (κ3) is 3.32. The lowest BCUT2D eigenvalue weighted by atomic mass is 9.89. The van der Waals surface area contributed by atoms with Crippen LogP contribution in [0.15, 0.2) is 17.5 Å². The van der Waals surface area contributed by atoms with Crippen molar-refractivity contribution < 1.29 is 5.11 Å². The molecule has 1 aromatic heterocycles. The molecular formula is C13H20OS. The minimum absolute atomic E-state index is 0.361. The Hall–Kier alpha value is -0.340. The van der Waals surface area contributed by atoms with E-state index in [0.29, 0.717) is 0 Å². The van der Waals surface area contributed by atoms with Crippen molar-refractivity contribution in [3.05, 3.63) is 22.4 Å². The molecule has 0 aromatic carbocycles. The fourth-order valence-electron chi connectivity index (χ4n) is 2.45. The first-order valence-electron chi connectivity index (χ1n) is 6.03. The van der Waals surface area contributed by atoms with Crippen molar-refractivity contribution in [3.8, 4) is 0 Å². The summed E-state index contributed by atoms with van der Waals surface area (Å²) >= 11 is 1.80. The molecule has 1 nitrogen and oxygen atoms in total. The van der Waals surface area contributed by atoms with Crippen LogP contribution in [0.1, 0.15) is 49.8 Å². The molecule has 1 N–H and O–H groups in total. The largest absolute Gasteiger partial charge is 0.390 e. The Kier molecular flexibility index (Phi) is 3.81. The average Bonchev–Trinajstić information content (AvgIpc) is 2.65. The van der Waals surface area contributed by atoms with Crippen LogP contribution in [0, 0.1) is 0 Å². The van der Waals surface area contributed by atoms with Gasteiger partial charge in [0.2, 0.25) is 0 Å². The molecular weight excluding hydrogens is 204 g/mol. The predicted molar refractivity (Wildman–Crippen MR) is 65.3 cm³/mol. The monoisotopic (exact) mass is 224 g/mol. The fourth-order valence-corrected chi connectivity index (χ4v) is 3.16. The zero-order valence-electron chi connectivity index (χ0n) is 9.24. The number of hydrogen-bond acceptors (Lipinski definition) is 2. The first kappa shape index (κ1) is 11.2. The Labute approximate surface area is 96.1 Å². The molecule has 0 unspecified atom stereocenters. The van der Waals surface area contributed by atoms with Gasteiger partial charge in [-0.1, -0.05) is 31.7 Å². The van der Waals surface area contributed by atoms with E-state index in [9.17, 15) is 5.11 Å². The van der Waals surface area contributed by atoms with E-state index >= 15 is 0 Å². The number of rotatable bonds is 3. The normalized spacial score (nSPS) is 21.1. The summed E-state index contributed by atoms with van der Waals surface area (Å²) in [6, 6.07) is 4.27. The maximum absolute atomic E-state index is 10.5. The summed E-state index contributed by atoms with van der Waals surface area (Å²) in [4.78, 5) is 1.41. The van der Waals surface area contributed by atoms with E-state index < -0.39 is 0 Å². The second kappa shape index (κ2) is 5.13. The van der Waals surface area contributed by atoms with Crippen LogP contribution in [-0.2, 0) is 6.42 Å². The zero-order chi connectivity index (χ0) is 10.6. The van der Waals surface area contributed by atoms with Crippen molar-refractivity contribution in [3.63, 3.8) is 0 Å². The van der Waals surface area contributed by atoms with E-state index in [-0.39, 0.29) is 5.60 Å². The number of thiophene rings is 1. The summed E-state index contributed by atoms with van der Waals surface area (Å²) in [6.45, 7) is 0. The Balaban J connectivity index is 1.86. The molecule has 84 valence electrons. The van der Waals surface area contributed by atoms with Crippen LogP contribution in [0.25, 0.3) is 0 Å². The quantitative estimate of drug-likeness (QED) is 0.775. The van der Waals surface area contributed by atoms with Crippen LogP contribution in [-0.4, -0.2) is 10.7 Å². The van der Waals surface area contributed by atoms with E-state index in [1.54, 1.807) is 11.3 Å². The smallest absolute Gasteiger partial charge is 0.0651 e. The van der Waals surface area contributed by atoms with E-state index in [1.165, 1.54) is 30.6 Å². The summed E-state index contributed by atoms with van der Waals surface area (Å²) in [5.74, 6) is 0. The third-order valence-electron chi connectivity index (χ3n) is 3.45. The lowest BCUT2D eigenvalue weighted by Gasteiger charge is -2.26. The molecule has 0 aliphatic heterocycles. The van der Waals surface area contributed by atoms with Crippen molar-refractivity contribution in [1.82, 2.24) is 0 Å². The molecule has 0 bridgehead atoms. The van der Waals surface area contributed by atoms with Gasteiger partial charge in [-0.05, 0) is 37.1 Å². The van der Waals surface area contributed by atoms with Crippen molar-refractivity contribution in [1.29, 1.82) is 0 Å². The van der Waals surface area contributed by atoms with Crippen LogP contribution < -0.4 is 0 Å². The van der Waals surface area contributed by atoms with Gasteiger partial charge in [0.25, 0.3) is 0 Å². The molecule has 0 saturated heterocycles. The van der Waals surface area contributed by atoms with Crippen molar-refractivity contribution >= 4 is 11.3 Å². The molecule has 1 saturated carbocycles. The Morgan fingerprint density at radius 2 is 1.93 bits per heavy atom. The lowest BCUT2D eigenvalue weighted by Crippen LogP contribution is -2.28. The molecule has 1 aliphatic rings. The van der Waals surface area contributed by atoms with Crippen LogP contribution >= 0.6 is 11.3 Å². The van der Waals surface area contributed by atoms with Gasteiger partial charge in [0.15, 0.2) is 0 Å². The van der Waals surface area contributed by atoms with Crippen molar-refractivity contribution in [2.75, 3.05) is 0 Å². The molecule has 2 heteroatoms. The molecule has 15 heavy (non-hydrogen) atoms. The van der Waals surface area contributed by atoms with Gasteiger partial charge in [-0.2, -0.15) is 0 Å². The van der Waals surface area contributed by atoms with Gasteiger partial charge in [0.05, 0.1) is 5.60 Å². The number of aryl methyl sites for hydroxylation is 1. The molecule has 0 amide bonds. The van der Waals surface area contributed by atoms with Gasteiger partial charge in [-0.3, -0.25) is 0 Å². The second-order valence-corrected chi connectivity index (χ2v) is 5.75. The minimum atomic E-state index is -0.361. The van der Waals surface area contributed by atoms with Gasteiger partial charge in [0, 0.05) is 4.88 Å². The number of hydrogen-bond donors (Lipinski definition) is 1. The van der Waals surface area contributed by atoms with Crippen LogP contribution in [0.3, 0.4) is 0 Å².